The minimum atomic E-state index is -0.355. The second kappa shape index (κ2) is 6.50. The lowest BCUT2D eigenvalue weighted by Crippen LogP contribution is -2.11. The van der Waals surface area contributed by atoms with E-state index >= 15 is 0 Å². The van der Waals surface area contributed by atoms with Crippen molar-refractivity contribution in [2.75, 3.05) is 12.4 Å². The molecule has 1 N–H and O–H groups in total. The summed E-state index contributed by atoms with van der Waals surface area (Å²) in [5, 5.41) is 10.8. The van der Waals surface area contributed by atoms with Gasteiger partial charge in [0.15, 0.2) is 0 Å². The Labute approximate surface area is 137 Å². The summed E-state index contributed by atoms with van der Waals surface area (Å²) in [7, 11) is 1.59. The molecule has 6 nitrogen and oxygen atoms in total. The Morgan fingerprint density at radius 2 is 1.78 bits per heavy atom. The number of rotatable bonds is 4. The lowest BCUT2D eigenvalue weighted by Gasteiger charge is -2.01. The number of carbonyl (C=O) groups is 1. The van der Waals surface area contributed by atoms with Gasteiger partial charge in [0.2, 0.25) is 5.89 Å². The van der Waals surface area contributed by atoms with Crippen LogP contribution in [0.2, 0.25) is 5.02 Å². The molecule has 0 saturated carbocycles. The number of anilines is 1. The Kier molecular flexibility index (Phi) is 4.25. The molecule has 0 radical (unpaired) electrons. The van der Waals surface area contributed by atoms with Crippen molar-refractivity contribution in [2.24, 2.45) is 0 Å². The zero-order valence-corrected chi connectivity index (χ0v) is 12.9. The average molecular weight is 330 g/mol. The first-order valence-corrected chi connectivity index (χ1v) is 7.08. The number of methoxy groups -OCH3 is 1. The minimum Gasteiger partial charge on any atom is -0.497 e. The van der Waals surface area contributed by atoms with Gasteiger partial charge in [0.1, 0.15) is 5.75 Å². The molecule has 0 bridgehead atoms. The van der Waals surface area contributed by atoms with Crippen LogP contribution in [-0.2, 0) is 0 Å². The molecule has 1 heterocycles. The lowest BCUT2D eigenvalue weighted by molar-refractivity contribution is 0.102. The number of nitrogens with one attached hydrogen (secondary N) is 1. The largest absolute Gasteiger partial charge is 0.497 e. The summed E-state index contributed by atoms with van der Waals surface area (Å²) in [6, 6.07) is 13.7. The van der Waals surface area contributed by atoms with Gasteiger partial charge in [-0.15, -0.1) is 5.10 Å². The summed E-state index contributed by atoms with van der Waals surface area (Å²) in [4.78, 5) is 12.1. The number of halogens is 1. The summed E-state index contributed by atoms with van der Waals surface area (Å²) in [5.74, 6) is 0.676. The Bertz CT molecular complexity index is 813. The highest BCUT2D eigenvalue weighted by Crippen LogP contribution is 2.22. The van der Waals surface area contributed by atoms with E-state index < -0.39 is 0 Å². The van der Waals surface area contributed by atoms with E-state index in [1.54, 1.807) is 55.6 Å². The van der Waals surface area contributed by atoms with Crippen LogP contribution in [-0.4, -0.2) is 23.2 Å². The molecule has 0 atom stereocenters. The molecule has 3 rings (SSSR count). The number of hydrogen-bond donors (Lipinski definition) is 1. The predicted octanol–water partition coefficient (Wildman–Crippen LogP) is 3.65. The van der Waals surface area contributed by atoms with E-state index in [1.807, 2.05) is 0 Å². The fourth-order valence-corrected chi connectivity index (χ4v) is 2.02. The van der Waals surface area contributed by atoms with Gasteiger partial charge in [-0.25, -0.2) is 0 Å². The lowest BCUT2D eigenvalue weighted by atomic mass is 10.2. The second-order valence-electron chi connectivity index (χ2n) is 4.60. The molecular weight excluding hydrogens is 318 g/mol. The molecule has 23 heavy (non-hydrogen) atoms. The first-order valence-electron chi connectivity index (χ1n) is 6.70. The summed E-state index contributed by atoms with van der Waals surface area (Å²) in [6.07, 6.45) is 0. The fourth-order valence-electron chi connectivity index (χ4n) is 1.89. The Hall–Kier alpha value is -2.86. The van der Waals surface area contributed by atoms with Crippen molar-refractivity contribution < 1.29 is 13.9 Å². The van der Waals surface area contributed by atoms with Gasteiger partial charge in [-0.3, -0.25) is 10.1 Å². The van der Waals surface area contributed by atoms with Crippen LogP contribution < -0.4 is 10.1 Å². The SMILES string of the molecule is COc1ccc(-c2nnc(NC(=O)c3ccc(Cl)cc3)o2)cc1. The first kappa shape index (κ1) is 15.1. The summed E-state index contributed by atoms with van der Waals surface area (Å²) in [5.41, 5.74) is 1.17. The third-order valence-corrected chi connectivity index (χ3v) is 3.34. The molecule has 1 amide bonds. The summed E-state index contributed by atoms with van der Waals surface area (Å²) in [6.45, 7) is 0. The number of ether oxygens (including phenoxy) is 1. The third-order valence-electron chi connectivity index (χ3n) is 3.09. The van der Waals surface area contributed by atoms with Crippen LogP contribution in [0, 0.1) is 0 Å². The Balaban J connectivity index is 1.73. The van der Waals surface area contributed by atoms with Gasteiger partial charge in [0, 0.05) is 16.1 Å². The second-order valence-corrected chi connectivity index (χ2v) is 5.04. The van der Waals surface area contributed by atoms with Crippen LogP contribution in [0.3, 0.4) is 0 Å². The third kappa shape index (κ3) is 3.49. The maximum absolute atomic E-state index is 12.1. The molecule has 2 aromatic carbocycles. The number of aromatic nitrogens is 2. The van der Waals surface area contributed by atoms with Crippen molar-refractivity contribution in [3.05, 3.63) is 59.1 Å². The van der Waals surface area contributed by atoms with Crippen LogP contribution >= 0.6 is 11.6 Å². The smallest absolute Gasteiger partial charge is 0.322 e. The molecule has 0 spiro atoms. The van der Waals surface area contributed by atoms with E-state index in [0.717, 1.165) is 11.3 Å². The van der Waals surface area contributed by atoms with Gasteiger partial charge in [-0.1, -0.05) is 16.7 Å². The number of amides is 1. The maximum atomic E-state index is 12.1. The van der Waals surface area contributed by atoms with Crippen molar-refractivity contribution in [2.45, 2.75) is 0 Å². The highest BCUT2D eigenvalue weighted by atomic mass is 35.5. The van der Waals surface area contributed by atoms with Crippen LogP contribution in [0.4, 0.5) is 6.01 Å². The van der Waals surface area contributed by atoms with E-state index in [9.17, 15) is 4.79 Å². The molecule has 7 heteroatoms. The number of benzene rings is 2. The van der Waals surface area contributed by atoms with Gasteiger partial charge >= 0.3 is 6.01 Å². The zero-order chi connectivity index (χ0) is 16.2. The first-order chi connectivity index (χ1) is 11.2. The number of nitrogens with zero attached hydrogens (tertiary/aromatic N) is 2. The highest BCUT2D eigenvalue weighted by molar-refractivity contribution is 6.30. The van der Waals surface area contributed by atoms with Crippen LogP contribution in [0.15, 0.2) is 52.9 Å². The molecule has 0 fully saturated rings. The van der Waals surface area contributed by atoms with Gasteiger partial charge < -0.3 is 9.15 Å². The quantitative estimate of drug-likeness (QED) is 0.790. The van der Waals surface area contributed by atoms with Crippen molar-refractivity contribution in [3.8, 4) is 17.2 Å². The van der Waals surface area contributed by atoms with Crippen LogP contribution in [0.1, 0.15) is 10.4 Å². The molecular formula is C16H12ClN3O3. The highest BCUT2D eigenvalue weighted by Gasteiger charge is 2.12. The summed E-state index contributed by atoms with van der Waals surface area (Å²) >= 11 is 5.79. The van der Waals surface area contributed by atoms with Crippen molar-refractivity contribution in [1.82, 2.24) is 10.2 Å². The van der Waals surface area contributed by atoms with Crippen molar-refractivity contribution >= 4 is 23.5 Å². The van der Waals surface area contributed by atoms with E-state index in [0.29, 0.717) is 16.5 Å². The Morgan fingerprint density at radius 1 is 1.09 bits per heavy atom. The summed E-state index contributed by atoms with van der Waals surface area (Å²) < 4.78 is 10.5. The van der Waals surface area contributed by atoms with E-state index in [1.165, 1.54) is 0 Å². The number of carbonyl (C=O) groups excluding carboxylic acids is 1. The molecule has 0 aliphatic rings. The molecule has 3 aromatic rings. The standard InChI is InChI=1S/C16H12ClN3O3/c1-22-13-8-4-11(5-9-13)15-19-20-16(23-15)18-14(21)10-2-6-12(17)7-3-10/h2-9H,1H3,(H,18,20,21). The molecule has 0 saturated heterocycles. The molecule has 0 aliphatic heterocycles. The zero-order valence-electron chi connectivity index (χ0n) is 12.1. The predicted molar refractivity (Wildman–Crippen MR) is 85.7 cm³/mol. The topological polar surface area (TPSA) is 77.3 Å². The van der Waals surface area contributed by atoms with Crippen molar-refractivity contribution in [1.29, 1.82) is 0 Å². The molecule has 116 valence electrons. The van der Waals surface area contributed by atoms with Gasteiger partial charge in [-0.05, 0) is 48.5 Å². The normalized spacial score (nSPS) is 10.3. The van der Waals surface area contributed by atoms with Crippen LogP contribution in [0.25, 0.3) is 11.5 Å². The maximum Gasteiger partial charge on any atom is 0.322 e. The van der Waals surface area contributed by atoms with E-state index in [-0.39, 0.29) is 11.9 Å². The monoisotopic (exact) mass is 329 g/mol. The van der Waals surface area contributed by atoms with Gasteiger partial charge in [0.05, 0.1) is 7.11 Å². The molecule has 1 aromatic heterocycles. The molecule has 0 unspecified atom stereocenters. The van der Waals surface area contributed by atoms with Gasteiger partial charge in [-0.2, -0.15) is 0 Å². The number of hydrogen-bond acceptors (Lipinski definition) is 5. The minimum absolute atomic E-state index is 0.0239. The molecule has 0 aliphatic carbocycles. The van der Waals surface area contributed by atoms with Crippen molar-refractivity contribution in [3.63, 3.8) is 0 Å². The fraction of sp³-hybridized carbons (Fsp3) is 0.0625. The average Bonchev–Trinajstić information content (AvgIpc) is 3.04. The van der Waals surface area contributed by atoms with Gasteiger partial charge in [0.25, 0.3) is 5.91 Å². The van der Waals surface area contributed by atoms with E-state index in [2.05, 4.69) is 15.5 Å². The van der Waals surface area contributed by atoms with Crippen LogP contribution in [0.5, 0.6) is 5.75 Å². The Morgan fingerprint density at radius 3 is 2.43 bits per heavy atom. The van der Waals surface area contributed by atoms with E-state index in [4.69, 9.17) is 20.8 Å².